The number of hydrogen-bond donors (Lipinski definition) is 0. The fraction of sp³-hybridized carbons (Fsp3) is 0.440. The van der Waals surface area contributed by atoms with Crippen molar-refractivity contribution in [1.29, 1.82) is 0 Å². The number of methoxy groups -OCH3 is 1. The minimum Gasteiger partial charge on any atom is -0.467 e. The average molecular weight is 425 g/mol. The normalized spacial score (nSPS) is 18.8. The van der Waals surface area contributed by atoms with Crippen molar-refractivity contribution in [3.8, 4) is 0 Å². The Morgan fingerprint density at radius 1 is 0.968 bits per heavy atom. The van der Waals surface area contributed by atoms with Gasteiger partial charge in [-0.05, 0) is 38.3 Å². The van der Waals surface area contributed by atoms with Gasteiger partial charge in [-0.25, -0.2) is 9.59 Å². The van der Waals surface area contributed by atoms with E-state index in [9.17, 15) is 9.59 Å². The Morgan fingerprint density at radius 2 is 1.48 bits per heavy atom. The van der Waals surface area contributed by atoms with Crippen LogP contribution in [-0.2, 0) is 27.4 Å². The monoisotopic (exact) mass is 424 g/mol. The summed E-state index contributed by atoms with van der Waals surface area (Å²) in [4.78, 5) is 29.2. The maximum atomic E-state index is 12.9. The van der Waals surface area contributed by atoms with Gasteiger partial charge in [0, 0.05) is 25.7 Å². The Hall–Kier alpha value is -2.86. The molecule has 0 bridgehead atoms. The van der Waals surface area contributed by atoms with Gasteiger partial charge in [-0.2, -0.15) is 0 Å². The zero-order chi connectivity index (χ0) is 22.4. The fourth-order valence-electron chi connectivity index (χ4n) is 3.91. The molecule has 3 rings (SSSR count). The maximum absolute atomic E-state index is 12.9. The van der Waals surface area contributed by atoms with Crippen LogP contribution in [0.1, 0.15) is 38.3 Å². The number of ether oxygens (including phenoxy) is 2. The molecule has 0 spiro atoms. The Labute approximate surface area is 184 Å². The lowest BCUT2D eigenvalue weighted by Gasteiger charge is -2.30. The van der Waals surface area contributed by atoms with Crippen molar-refractivity contribution in [2.45, 2.75) is 58.0 Å². The van der Waals surface area contributed by atoms with E-state index in [0.29, 0.717) is 13.0 Å². The summed E-state index contributed by atoms with van der Waals surface area (Å²) in [6, 6.07) is 19.8. The van der Waals surface area contributed by atoms with Gasteiger partial charge in [0.2, 0.25) is 0 Å². The smallest absolute Gasteiger partial charge is 0.411 e. The standard InChI is InChI=1S/C25H32N2O4/c1-25(2,3)31-24(29)27-18-21(15-22(27)23(28)30-4)26(16-19-11-7-5-8-12-19)17-20-13-9-6-10-14-20/h5-14,21-22H,15-18H2,1-4H3/t21-,22-/m0/s1. The molecule has 1 fully saturated rings. The van der Waals surface area contributed by atoms with Gasteiger partial charge in [-0.1, -0.05) is 60.7 Å². The quantitative estimate of drug-likeness (QED) is 0.649. The highest BCUT2D eigenvalue weighted by Crippen LogP contribution is 2.28. The van der Waals surface area contributed by atoms with Crippen molar-refractivity contribution in [1.82, 2.24) is 9.80 Å². The van der Waals surface area contributed by atoms with Gasteiger partial charge in [0.25, 0.3) is 0 Å². The van der Waals surface area contributed by atoms with Crippen molar-refractivity contribution < 1.29 is 19.1 Å². The summed E-state index contributed by atoms with van der Waals surface area (Å²) >= 11 is 0. The number of rotatable bonds is 6. The molecule has 1 aliphatic rings. The number of amides is 1. The summed E-state index contributed by atoms with van der Waals surface area (Å²) in [5.41, 5.74) is 1.73. The molecule has 2 atom stereocenters. The summed E-state index contributed by atoms with van der Waals surface area (Å²) in [5.74, 6) is -0.410. The number of esters is 1. The van der Waals surface area contributed by atoms with Gasteiger partial charge in [-0.3, -0.25) is 9.80 Å². The predicted octanol–water partition coefficient (Wildman–Crippen LogP) is 4.24. The second-order valence-corrected chi connectivity index (χ2v) is 8.94. The molecular formula is C25H32N2O4. The number of benzene rings is 2. The van der Waals surface area contributed by atoms with E-state index in [2.05, 4.69) is 29.2 Å². The second-order valence-electron chi connectivity index (χ2n) is 8.94. The molecule has 1 heterocycles. The zero-order valence-corrected chi connectivity index (χ0v) is 18.8. The van der Waals surface area contributed by atoms with Crippen molar-refractivity contribution in [2.75, 3.05) is 13.7 Å². The molecule has 1 saturated heterocycles. The maximum Gasteiger partial charge on any atom is 0.411 e. The summed E-state index contributed by atoms with van der Waals surface area (Å²) in [7, 11) is 1.36. The molecule has 2 aromatic carbocycles. The molecule has 0 aliphatic carbocycles. The van der Waals surface area contributed by atoms with E-state index in [0.717, 1.165) is 13.1 Å². The largest absolute Gasteiger partial charge is 0.467 e. The number of carbonyl (C=O) groups is 2. The lowest BCUT2D eigenvalue weighted by molar-refractivity contribution is -0.145. The van der Waals surface area contributed by atoms with Crippen LogP contribution in [0.3, 0.4) is 0 Å². The number of hydrogen-bond acceptors (Lipinski definition) is 5. The Kier molecular flexibility index (Phi) is 7.33. The van der Waals surface area contributed by atoms with Gasteiger partial charge in [0.15, 0.2) is 0 Å². The van der Waals surface area contributed by atoms with Crippen LogP contribution in [0.5, 0.6) is 0 Å². The van der Waals surface area contributed by atoms with E-state index < -0.39 is 23.7 Å². The lowest BCUT2D eigenvalue weighted by Crippen LogP contribution is -2.44. The van der Waals surface area contributed by atoms with Gasteiger partial charge >= 0.3 is 12.1 Å². The van der Waals surface area contributed by atoms with Crippen molar-refractivity contribution in [3.05, 3.63) is 71.8 Å². The summed E-state index contributed by atoms with van der Waals surface area (Å²) in [6.07, 6.45) is 0.0238. The van der Waals surface area contributed by atoms with Crippen LogP contribution < -0.4 is 0 Å². The third kappa shape index (κ3) is 6.31. The molecule has 166 valence electrons. The Balaban J connectivity index is 1.84. The first-order valence-corrected chi connectivity index (χ1v) is 10.7. The highest BCUT2D eigenvalue weighted by atomic mass is 16.6. The molecule has 0 aromatic heterocycles. The first-order chi connectivity index (χ1) is 14.8. The summed E-state index contributed by atoms with van der Waals surface area (Å²) in [5, 5.41) is 0. The van der Waals surface area contributed by atoms with E-state index in [-0.39, 0.29) is 6.04 Å². The van der Waals surface area contributed by atoms with E-state index >= 15 is 0 Å². The highest BCUT2D eigenvalue weighted by Gasteiger charge is 2.44. The van der Waals surface area contributed by atoms with Crippen LogP contribution >= 0.6 is 0 Å². The van der Waals surface area contributed by atoms with Gasteiger partial charge in [-0.15, -0.1) is 0 Å². The van der Waals surface area contributed by atoms with Crippen LogP contribution in [0, 0.1) is 0 Å². The van der Waals surface area contributed by atoms with E-state index in [1.54, 1.807) is 0 Å². The molecule has 1 aliphatic heterocycles. The average Bonchev–Trinajstić information content (AvgIpc) is 3.19. The summed E-state index contributed by atoms with van der Waals surface area (Å²) in [6.45, 7) is 7.31. The number of carbonyl (C=O) groups excluding carboxylic acids is 2. The van der Waals surface area contributed by atoms with Crippen molar-refractivity contribution in [2.24, 2.45) is 0 Å². The number of nitrogens with zero attached hydrogens (tertiary/aromatic N) is 2. The minimum atomic E-state index is -0.654. The Morgan fingerprint density at radius 3 is 1.94 bits per heavy atom. The third-order valence-corrected chi connectivity index (χ3v) is 5.35. The molecule has 0 radical (unpaired) electrons. The van der Waals surface area contributed by atoms with Crippen LogP contribution in [0.4, 0.5) is 4.79 Å². The van der Waals surface area contributed by atoms with E-state index in [1.165, 1.54) is 23.1 Å². The first kappa shape index (κ1) is 22.8. The summed E-state index contributed by atoms with van der Waals surface area (Å²) < 4.78 is 10.6. The predicted molar refractivity (Wildman–Crippen MR) is 119 cm³/mol. The molecule has 0 unspecified atom stereocenters. The third-order valence-electron chi connectivity index (χ3n) is 5.35. The van der Waals surface area contributed by atoms with E-state index in [4.69, 9.17) is 9.47 Å². The second kappa shape index (κ2) is 9.96. The van der Waals surface area contributed by atoms with Gasteiger partial charge < -0.3 is 9.47 Å². The molecule has 6 heteroatoms. The van der Waals surface area contributed by atoms with Crippen LogP contribution in [-0.4, -0.2) is 53.2 Å². The zero-order valence-electron chi connectivity index (χ0n) is 18.8. The lowest BCUT2D eigenvalue weighted by atomic mass is 10.1. The molecule has 0 saturated carbocycles. The molecule has 2 aromatic rings. The highest BCUT2D eigenvalue weighted by molar-refractivity contribution is 5.82. The van der Waals surface area contributed by atoms with Gasteiger partial charge in [0.1, 0.15) is 11.6 Å². The topological polar surface area (TPSA) is 59.1 Å². The molecule has 1 amide bonds. The SMILES string of the molecule is COC(=O)[C@@H]1C[C@H](N(Cc2ccccc2)Cc2ccccc2)CN1C(=O)OC(C)(C)C. The van der Waals surface area contributed by atoms with Gasteiger partial charge in [0.05, 0.1) is 7.11 Å². The van der Waals surface area contributed by atoms with Crippen molar-refractivity contribution in [3.63, 3.8) is 0 Å². The van der Waals surface area contributed by atoms with Crippen LogP contribution in [0.15, 0.2) is 60.7 Å². The molecule has 31 heavy (non-hydrogen) atoms. The molecular weight excluding hydrogens is 392 g/mol. The van der Waals surface area contributed by atoms with Crippen LogP contribution in [0.25, 0.3) is 0 Å². The first-order valence-electron chi connectivity index (χ1n) is 10.7. The molecule has 0 N–H and O–H groups in total. The number of likely N-dealkylation sites (tertiary alicyclic amines) is 1. The van der Waals surface area contributed by atoms with Crippen LogP contribution in [0.2, 0.25) is 0 Å². The fourth-order valence-corrected chi connectivity index (χ4v) is 3.91. The van der Waals surface area contributed by atoms with E-state index in [1.807, 2.05) is 57.2 Å². The molecule has 6 nitrogen and oxygen atoms in total. The minimum absolute atomic E-state index is 0.00275. The Bertz CT molecular complexity index is 823. The van der Waals surface area contributed by atoms with Crippen molar-refractivity contribution >= 4 is 12.1 Å².